The summed E-state index contributed by atoms with van der Waals surface area (Å²) >= 11 is 0. The molecule has 0 heteroatoms. The van der Waals surface area contributed by atoms with Crippen LogP contribution in [0.5, 0.6) is 0 Å². The highest BCUT2D eigenvalue weighted by molar-refractivity contribution is 6.31. The lowest BCUT2D eigenvalue weighted by Crippen LogP contribution is -2.10. The van der Waals surface area contributed by atoms with Crippen molar-refractivity contribution in [1.29, 1.82) is 0 Å². The second-order valence-corrected chi connectivity index (χ2v) is 19.4. The molecule has 0 nitrogen and oxygen atoms in total. The minimum Gasteiger partial charge on any atom is -0.0611 e. The van der Waals surface area contributed by atoms with Crippen molar-refractivity contribution in [3.63, 3.8) is 0 Å². The van der Waals surface area contributed by atoms with Gasteiger partial charge in [0.25, 0.3) is 0 Å². The topological polar surface area (TPSA) is 0 Å². The van der Waals surface area contributed by atoms with Gasteiger partial charge < -0.3 is 0 Å². The largest absolute Gasteiger partial charge is 0.0650 e. The van der Waals surface area contributed by atoms with E-state index >= 15 is 0 Å². The molecule has 9 rings (SSSR count). The Hall–Kier alpha value is -5.72. The number of benzene rings is 7. The zero-order valence-electron chi connectivity index (χ0n) is 36.5. The van der Waals surface area contributed by atoms with Crippen LogP contribution in [0.3, 0.4) is 0 Å². The van der Waals surface area contributed by atoms with E-state index in [1.165, 1.54) is 131 Å². The molecular weight excluding hydrogens is 697 g/mol. The van der Waals surface area contributed by atoms with Crippen LogP contribution >= 0.6 is 0 Å². The summed E-state index contributed by atoms with van der Waals surface area (Å²) in [6, 6.07) is 47.5. The van der Waals surface area contributed by atoms with Crippen molar-refractivity contribution < 1.29 is 0 Å². The summed E-state index contributed by atoms with van der Waals surface area (Å²) in [5.41, 5.74) is 15.8. The van der Waals surface area contributed by atoms with Crippen molar-refractivity contribution in [3.05, 3.63) is 166 Å². The lowest BCUT2D eigenvalue weighted by atomic mass is 9.83. The van der Waals surface area contributed by atoms with Crippen LogP contribution in [0.4, 0.5) is 0 Å². The lowest BCUT2D eigenvalue weighted by Gasteiger charge is -2.19. The van der Waals surface area contributed by atoms with Crippen molar-refractivity contribution in [2.24, 2.45) is 0 Å². The molecule has 0 unspecified atom stereocenters. The predicted octanol–water partition coefficient (Wildman–Crippen LogP) is 16.9. The first kappa shape index (κ1) is 37.8. The van der Waals surface area contributed by atoms with Gasteiger partial charge in [0.2, 0.25) is 0 Å². The van der Waals surface area contributed by atoms with E-state index in [4.69, 9.17) is 0 Å². The highest BCUT2D eigenvalue weighted by Gasteiger charge is 2.28. The summed E-state index contributed by atoms with van der Waals surface area (Å²) in [7, 11) is 0. The monoisotopic (exact) mass is 752 g/mol. The third-order valence-corrected chi connectivity index (χ3v) is 12.9. The van der Waals surface area contributed by atoms with Crippen molar-refractivity contribution in [2.45, 2.75) is 93.9 Å². The number of hydrogen-bond donors (Lipinski definition) is 0. The Morgan fingerprint density at radius 1 is 0.310 bits per heavy atom. The zero-order valence-corrected chi connectivity index (χ0v) is 36.5. The molecule has 0 saturated heterocycles. The summed E-state index contributed by atoms with van der Waals surface area (Å²) < 4.78 is 0. The van der Waals surface area contributed by atoms with Gasteiger partial charge in [0, 0.05) is 77.5 Å². The molecule has 9 aromatic rings. The maximum Gasteiger partial charge on any atom is 0.0650 e. The van der Waals surface area contributed by atoms with Crippen LogP contribution in [-0.2, 0) is 10.8 Å². The van der Waals surface area contributed by atoms with E-state index in [1.807, 2.05) is 0 Å². The third kappa shape index (κ3) is 6.03. The molecule has 0 heterocycles. The van der Waals surface area contributed by atoms with Crippen molar-refractivity contribution in [3.8, 4) is 22.3 Å². The van der Waals surface area contributed by atoms with Gasteiger partial charge in [0.05, 0.1) is 43.8 Å². The van der Waals surface area contributed by atoms with Crippen LogP contribution in [-0.4, -0.2) is 0 Å². The van der Waals surface area contributed by atoms with E-state index in [0.717, 1.165) is 0 Å². The molecule has 0 amide bonds. The second kappa shape index (κ2) is 13.4. The van der Waals surface area contributed by atoms with Crippen molar-refractivity contribution in [1.82, 2.24) is 0 Å². The standard InChI is InChI=1S/C58H56/c1-33-25-35(3)53(36(4)26-33)55-49-29-39(57(7,8)9)21-23-45(49)41-17-13-15-19-43(41)47-31-48-44-20-16-14-18-42(44)46-24-22-40(58(10,11)12)30-50(46)56(52(48)32-51(47)55)54-37(5)27-34(2)28-38(54)6/h13-32H,1-12H3/q+2. The number of fused-ring (bicyclic) bond motifs is 10. The Kier molecular flexibility index (Phi) is 8.76. The molecule has 0 atom stereocenters. The molecular formula is C58H56+2. The van der Waals surface area contributed by atoms with E-state index < -0.39 is 0 Å². The molecule has 0 aliphatic rings. The first-order valence-corrected chi connectivity index (χ1v) is 21.1. The lowest BCUT2D eigenvalue weighted by molar-refractivity contribution is 0.591. The second-order valence-electron chi connectivity index (χ2n) is 19.4. The van der Waals surface area contributed by atoms with Crippen LogP contribution < -0.4 is 0 Å². The van der Waals surface area contributed by atoms with Gasteiger partial charge in [-0.2, -0.15) is 0 Å². The van der Waals surface area contributed by atoms with Gasteiger partial charge >= 0.3 is 0 Å². The summed E-state index contributed by atoms with van der Waals surface area (Å²) in [5.74, 6) is 0. The van der Waals surface area contributed by atoms with Crippen LogP contribution in [0.2, 0.25) is 0 Å². The molecule has 0 radical (unpaired) electrons. The summed E-state index contributed by atoms with van der Waals surface area (Å²) in [5, 5.41) is 15.5. The number of aryl methyl sites for hydroxylation is 6. The van der Waals surface area contributed by atoms with Crippen molar-refractivity contribution in [2.75, 3.05) is 0 Å². The highest BCUT2D eigenvalue weighted by Crippen LogP contribution is 2.49. The Bertz CT molecular complexity index is 2960. The van der Waals surface area contributed by atoms with E-state index in [-0.39, 0.29) is 10.8 Å². The van der Waals surface area contributed by atoms with E-state index in [0.29, 0.717) is 0 Å². The molecule has 0 N–H and O–H groups in total. The SMILES string of the molecule is Cc1cc(C)c(-[c+]2c3cc(C(C)(C)C)ccc3c3ccccc3c3cc4c5ccccc5c5ccc(C(C)(C)C)cc5[c+](-c5c(C)cc(C)cc5C)c4cc32)c(C)c1. The van der Waals surface area contributed by atoms with Gasteiger partial charge in [0.15, 0.2) is 0 Å². The number of rotatable bonds is 2. The zero-order chi connectivity index (χ0) is 41.0. The maximum atomic E-state index is 2.61. The van der Waals surface area contributed by atoms with Gasteiger partial charge in [-0.25, -0.2) is 0 Å². The molecule has 0 aliphatic heterocycles. The molecule has 0 saturated carbocycles. The normalized spacial score (nSPS) is 12.5. The fourth-order valence-electron chi connectivity index (χ4n) is 10.2. The molecule has 286 valence electrons. The van der Waals surface area contributed by atoms with Crippen LogP contribution in [0.15, 0.2) is 121 Å². The molecule has 0 bridgehead atoms. The minimum absolute atomic E-state index is 0.0143. The molecule has 0 aromatic heterocycles. The third-order valence-electron chi connectivity index (χ3n) is 12.9. The Morgan fingerprint density at radius 3 is 0.948 bits per heavy atom. The fraction of sp³-hybridized carbons (Fsp3) is 0.241. The van der Waals surface area contributed by atoms with E-state index in [1.54, 1.807) is 0 Å². The van der Waals surface area contributed by atoms with Gasteiger partial charge in [0.1, 0.15) is 0 Å². The molecule has 9 aromatic carbocycles. The van der Waals surface area contributed by atoms with Gasteiger partial charge in [-0.3, -0.25) is 0 Å². The average Bonchev–Trinajstić information content (AvgIpc) is 3.34. The van der Waals surface area contributed by atoms with Gasteiger partial charge in [-0.1, -0.05) is 65.8 Å². The molecule has 58 heavy (non-hydrogen) atoms. The Morgan fingerprint density at radius 2 is 0.621 bits per heavy atom. The fourth-order valence-corrected chi connectivity index (χ4v) is 10.2. The van der Waals surface area contributed by atoms with Crippen LogP contribution in [0.25, 0.3) is 86.9 Å². The molecule has 0 aliphatic carbocycles. The molecule has 0 fully saturated rings. The maximum absolute atomic E-state index is 2.61. The number of hydrogen-bond acceptors (Lipinski definition) is 0. The summed E-state index contributed by atoms with van der Waals surface area (Å²) in [6.07, 6.45) is 0. The first-order valence-electron chi connectivity index (χ1n) is 21.1. The van der Waals surface area contributed by atoms with Gasteiger partial charge in [-0.15, -0.1) is 0 Å². The Balaban J connectivity index is 1.68. The van der Waals surface area contributed by atoms with Gasteiger partial charge in [-0.05, 0) is 160 Å². The molecule has 0 spiro atoms. The van der Waals surface area contributed by atoms with Crippen LogP contribution in [0, 0.1) is 41.5 Å². The minimum atomic E-state index is -0.0143. The van der Waals surface area contributed by atoms with E-state index in [2.05, 4.69) is 204 Å². The van der Waals surface area contributed by atoms with E-state index in [9.17, 15) is 0 Å². The van der Waals surface area contributed by atoms with Crippen molar-refractivity contribution >= 4 is 64.6 Å². The first-order chi connectivity index (χ1) is 27.5. The summed E-state index contributed by atoms with van der Waals surface area (Å²) in [4.78, 5) is 0. The average molecular weight is 753 g/mol. The highest BCUT2D eigenvalue weighted by atomic mass is 14.3. The van der Waals surface area contributed by atoms with Crippen LogP contribution in [0.1, 0.15) is 86.1 Å². The summed E-state index contributed by atoms with van der Waals surface area (Å²) in [6.45, 7) is 27.7. The predicted molar refractivity (Wildman–Crippen MR) is 257 cm³/mol. The Labute approximate surface area is 345 Å². The quantitative estimate of drug-likeness (QED) is 0.154. The smallest absolute Gasteiger partial charge is 0.0611 e.